The number of rotatable bonds is 7. The highest BCUT2D eigenvalue weighted by atomic mass is 32.2. The Kier molecular flexibility index (Phi) is 6.94. The number of carbonyl (C=O) groups excluding carboxylic acids is 1. The molecule has 1 heterocycles. The summed E-state index contributed by atoms with van der Waals surface area (Å²) in [6.07, 6.45) is 0. The Morgan fingerprint density at radius 2 is 1.63 bits per heavy atom. The first kappa shape index (κ1) is 22.0. The summed E-state index contributed by atoms with van der Waals surface area (Å²) < 4.78 is 46.4. The van der Waals surface area contributed by atoms with E-state index in [0.717, 1.165) is 29.5 Å². The third-order valence-electron chi connectivity index (χ3n) is 4.97. The van der Waals surface area contributed by atoms with Crippen LogP contribution in [0.5, 0.6) is 5.75 Å². The molecule has 2 aromatic rings. The zero-order valence-corrected chi connectivity index (χ0v) is 17.9. The van der Waals surface area contributed by atoms with Crippen molar-refractivity contribution in [3.8, 4) is 5.75 Å². The summed E-state index contributed by atoms with van der Waals surface area (Å²) in [5, 5.41) is 0. The highest BCUT2D eigenvalue weighted by molar-refractivity contribution is 7.92. The van der Waals surface area contributed by atoms with Gasteiger partial charge in [-0.2, -0.15) is 0 Å². The zero-order valence-electron chi connectivity index (χ0n) is 17.1. The molecule has 0 aliphatic carbocycles. The Morgan fingerprint density at radius 3 is 2.20 bits per heavy atom. The summed E-state index contributed by atoms with van der Waals surface area (Å²) in [7, 11) is -2.09. The molecule has 3 rings (SSSR count). The lowest BCUT2D eigenvalue weighted by atomic mass is 10.3. The lowest BCUT2D eigenvalue weighted by molar-refractivity contribution is -0.131. The second-order valence-electron chi connectivity index (χ2n) is 7.08. The molecule has 0 aromatic heterocycles. The minimum absolute atomic E-state index is 0.0797. The fourth-order valence-electron chi connectivity index (χ4n) is 3.20. The number of sulfonamides is 1. The van der Waals surface area contributed by atoms with E-state index in [9.17, 15) is 17.6 Å². The van der Waals surface area contributed by atoms with E-state index in [4.69, 9.17) is 4.74 Å². The molecule has 7 nitrogen and oxygen atoms in total. The summed E-state index contributed by atoms with van der Waals surface area (Å²) in [4.78, 5) is 16.6. The van der Waals surface area contributed by atoms with Gasteiger partial charge in [0.2, 0.25) is 5.91 Å². The Morgan fingerprint density at radius 1 is 1.03 bits per heavy atom. The van der Waals surface area contributed by atoms with E-state index in [1.807, 2.05) is 14.0 Å². The average molecular weight is 436 g/mol. The number of carbonyl (C=O) groups is 1. The Hall–Kier alpha value is -2.65. The maximum Gasteiger partial charge on any atom is 0.264 e. The monoisotopic (exact) mass is 435 g/mol. The maximum absolute atomic E-state index is 13.3. The summed E-state index contributed by atoms with van der Waals surface area (Å²) in [5.41, 5.74) is 0.338. The fraction of sp³-hybridized carbons (Fsp3) is 0.381. The van der Waals surface area contributed by atoms with Crippen molar-refractivity contribution in [1.82, 2.24) is 9.80 Å². The molecule has 9 heteroatoms. The van der Waals surface area contributed by atoms with E-state index in [-0.39, 0.29) is 17.3 Å². The fourth-order valence-corrected chi connectivity index (χ4v) is 4.62. The molecule has 2 aromatic carbocycles. The summed E-state index contributed by atoms with van der Waals surface area (Å²) in [6, 6.07) is 11.1. The molecule has 0 bridgehead atoms. The molecule has 1 aliphatic rings. The number of nitrogens with zero attached hydrogens (tertiary/aromatic N) is 3. The molecule has 1 amide bonds. The van der Waals surface area contributed by atoms with Crippen molar-refractivity contribution in [3.63, 3.8) is 0 Å². The summed E-state index contributed by atoms with van der Waals surface area (Å²) in [5.74, 6) is -0.205. The minimum Gasteiger partial charge on any atom is -0.494 e. The van der Waals surface area contributed by atoms with Crippen LogP contribution in [0.3, 0.4) is 0 Å². The average Bonchev–Trinajstić information content (AvgIpc) is 2.73. The highest BCUT2D eigenvalue weighted by Crippen LogP contribution is 2.26. The van der Waals surface area contributed by atoms with Crippen molar-refractivity contribution in [2.75, 3.05) is 50.7 Å². The number of anilines is 1. The number of piperazine rings is 1. The van der Waals surface area contributed by atoms with Crippen LogP contribution in [-0.4, -0.2) is 70.5 Å². The second kappa shape index (κ2) is 9.44. The van der Waals surface area contributed by atoms with Crippen LogP contribution in [-0.2, 0) is 14.8 Å². The van der Waals surface area contributed by atoms with Crippen LogP contribution in [0, 0.1) is 5.82 Å². The summed E-state index contributed by atoms with van der Waals surface area (Å²) >= 11 is 0. The van der Waals surface area contributed by atoms with Gasteiger partial charge in [-0.05, 0) is 62.5 Å². The van der Waals surface area contributed by atoms with E-state index in [1.54, 1.807) is 29.2 Å². The first-order chi connectivity index (χ1) is 14.3. The summed E-state index contributed by atoms with van der Waals surface area (Å²) in [6.45, 7) is 4.56. The number of hydrogen-bond acceptors (Lipinski definition) is 5. The molecular formula is C21H26FN3O4S. The SMILES string of the molecule is CCOc1ccc(N(CC(=O)N2CCN(C)CC2)S(=O)(=O)c2ccc(F)cc2)cc1. The number of amides is 1. The van der Waals surface area contributed by atoms with Crippen LogP contribution in [0.25, 0.3) is 0 Å². The lowest BCUT2D eigenvalue weighted by Gasteiger charge is -2.34. The standard InChI is InChI=1S/C21H26FN3O4S/c1-3-29-19-8-6-18(7-9-19)25(16-21(26)24-14-12-23(2)13-15-24)30(27,28)20-10-4-17(22)5-11-20/h4-11H,3,12-16H2,1-2H3. The van der Waals surface area contributed by atoms with Gasteiger partial charge in [0.05, 0.1) is 17.2 Å². The van der Waals surface area contributed by atoms with E-state index < -0.39 is 15.8 Å². The molecule has 0 atom stereocenters. The molecule has 0 N–H and O–H groups in total. The molecular weight excluding hydrogens is 409 g/mol. The normalized spacial score (nSPS) is 15.1. The number of likely N-dealkylation sites (N-methyl/N-ethyl adjacent to an activating group) is 1. The molecule has 1 aliphatic heterocycles. The van der Waals surface area contributed by atoms with Gasteiger partial charge in [0, 0.05) is 26.2 Å². The number of benzene rings is 2. The molecule has 0 unspecified atom stereocenters. The van der Waals surface area contributed by atoms with Gasteiger partial charge in [-0.25, -0.2) is 12.8 Å². The quantitative estimate of drug-likeness (QED) is 0.667. The molecule has 1 saturated heterocycles. The lowest BCUT2D eigenvalue weighted by Crippen LogP contribution is -2.50. The van der Waals surface area contributed by atoms with E-state index >= 15 is 0 Å². The van der Waals surface area contributed by atoms with Gasteiger partial charge in [0.25, 0.3) is 10.0 Å². The number of ether oxygens (including phenoxy) is 1. The Bertz CT molecular complexity index is 957. The maximum atomic E-state index is 13.3. The van der Waals surface area contributed by atoms with Crippen molar-refractivity contribution in [1.29, 1.82) is 0 Å². The van der Waals surface area contributed by atoms with Gasteiger partial charge in [0.1, 0.15) is 18.1 Å². The van der Waals surface area contributed by atoms with Crippen LogP contribution < -0.4 is 9.04 Å². The largest absolute Gasteiger partial charge is 0.494 e. The molecule has 0 spiro atoms. The van der Waals surface area contributed by atoms with Gasteiger partial charge >= 0.3 is 0 Å². The van der Waals surface area contributed by atoms with Crippen LogP contribution in [0.2, 0.25) is 0 Å². The van der Waals surface area contributed by atoms with E-state index in [0.29, 0.717) is 31.1 Å². The van der Waals surface area contributed by atoms with E-state index in [1.165, 1.54) is 12.1 Å². The van der Waals surface area contributed by atoms with Gasteiger partial charge < -0.3 is 14.5 Å². The van der Waals surface area contributed by atoms with Crippen LogP contribution in [0.1, 0.15) is 6.92 Å². The number of halogens is 1. The molecule has 0 radical (unpaired) electrons. The van der Waals surface area contributed by atoms with Gasteiger partial charge in [-0.3, -0.25) is 9.10 Å². The predicted molar refractivity (Wildman–Crippen MR) is 113 cm³/mol. The van der Waals surface area contributed by atoms with Crippen molar-refractivity contribution in [2.45, 2.75) is 11.8 Å². The first-order valence-electron chi connectivity index (χ1n) is 9.78. The second-order valence-corrected chi connectivity index (χ2v) is 8.94. The zero-order chi connectivity index (χ0) is 21.7. The minimum atomic E-state index is -4.07. The van der Waals surface area contributed by atoms with Crippen molar-refractivity contribution in [3.05, 3.63) is 54.3 Å². The predicted octanol–water partition coefficient (Wildman–Crippen LogP) is 2.19. The molecule has 162 valence electrons. The molecule has 0 saturated carbocycles. The highest BCUT2D eigenvalue weighted by Gasteiger charge is 2.30. The van der Waals surface area contributed by atoms with Crippen LogP contribution >= 0.6 is 0 Å². The Labute approximate surface area is 176 Å². The third kappa shape index (κ3) is 5.09. The smallest absolute Gasteiger partial charge is 0.264 e. The first-order valence-corrected chi connectivity index (χ1v) is 11.2. The van der Waals surface area contributed by atoms with Crippen LogP contribution in [0.15, 0.2) is 53.4 Å². The Balaban J connectivity index is 1.91. The topological polar surface area (TPSA) is 70.2 Å². The van der Waals surface area contributed by atoms with Gasteiger partial charge in [-0.1, -0.05) is 0 Å². The third-order valence-corrected chi connectivity index (χ3v) is 6.76. The van der Waals surface area contributed by atoms with Crippen molar-refractivity contribution < 1.29 is 22.3 Å². The van der Waals surface area contributed by atoms with Crippen LogP contribution in [0.4, 0.5) is 10.1 Å². The van der Waals surface area contributed by atoms with Gasteiger partial charge in [-0.15, -0.1) is 0 Å². The van der Waals surface area contributed by atoms with Crippen molar-refractivity contribution >= 4 is 21.6 Å². The van der Waals surface area contributed by atoms with Gasteiger partial charge in [0.15, 0.2) is 0 Å². The number of hydrogen-bond donors (Lipinski definition) is 0. The molecule has 1 fully saturated rings. The van der Waals surface area contributed by atoms with E-state index in [2.05, 4.69) is 4.90 Å². The molecule has 30 heavy (non-hydrogen) atoms. The van der Waals surface area contributed by atoms with Crippen molar-refractivity contribution in [2.24, 2.45) is 0 Å².